The average Bonchev–Trinajstić information content (AvgIpc) is 2.72. The fourth-order valence-electron chi connectivity index (χ4n) is 3.10. The molecule has 0 unspecified atom stereocenters. The fourth-order valence-corrected chi connectivity index (χ4v) is 3.10. The Morgan fingerprint density at radius 3 is 2.54 bits per heavy atom. The van der Waals surface area contributed by atoms with E-state index < -0.39 is 0 Å². The molecule has 3 aromatic rings. The van der Waals surface area contributed by atoms with E-state index in [0.717, 1.165) is 33.2 Å². The number of methoxy groups -OCH3 is 1. The first-order chi connectivity index (χ1) is 13.6. The van der Waals surface area contributed by atoms with Crippen LogP contribution in [0.5, 0.6) is 5.75 Å². The largest absolute Gasteiger partial charge is 0.496 e. The number of nitrogens with one attached hydrogen (secondary N) is 2. The van der Waals surface area contributed by atoms with Crippen molar-refractivity contribution in [2.45, 2.75) is 19.9 Å². The topological polar surface area (TPSA) is 67.4 Å². The highest BCUT2D eigenvalue weighted by Gasteiger charge is 2.09. The van der Waals surface area contributed by atoms with Gasteiger partial charge in [0.25, 0.3) is 0 Å². The Balaban J connectivity index is 1.49. The lowest BCUT2D eigenvalue weighted by Crippen LogP contribution is -2.37. The Morgan fingerprint density at radius 2 is 1.71 bits per heavy atom. The highest BCUT2D eigenvalue weighted by atomic mass is 16.5. The van der Waals surface area contributed by atoms with E-state index in [2.05, 4.69) is 10.6 Å². The third-order valence-corrected chi connectivity index (χ3v) is 4.64. The molecule has 5 heteroatoms. The van der Waals surface area contributed by atoms with Gasteiger partial charge >= 0.3 is 0 Å². The summed E-state index contributed by atoms with van der Waals surface area (Å²) >= 11 is 0. The molecule has 0 bridgehead atoms. The maximum absolute atomic E-state index is 12.2. The van der Waals surface area contributed by atoms with E-state index >= 15 is 0 Å². The van der Waals surface area contributed by atoms with Crippen LogP contribution >= 0.6 is 0 Å². The number of benzene rings is 3. The molecule has 2 amide bonds. The van der Waals surface area contributed by atoms with E-state index in [9.17, 15) is 9.59 Å². The lowest BCUT2D eigenvalue weighted by molar-refractivity contribution is -0.125. The monoisotopic (exact) mass is 376 g/mol. The maximum Gasteiger partial charge on any atom is 0.239 e. The SMILES string of the molecule is COc1cc(CNC(=O)CNC(=O)Cc2cccc3ccccc23)ccc1C. The molecule has 3 aromatic carbocycles. The first-order valence-corrected chi connectivity index (χ1v) is 9.20. The van der Waals surface area contributed by atoms with Crippen molar-refractivity contribution in [1.29, 1.82) is 0 Å². The number of hydrogen-bond acceptors (Lipinski definition) is 3. The van der Waals surface area contributed by atoms with Gasteiger partial charge in [0.2, 0.25) is 11.8 Å². The minimum absolute atomic E-state index is 0.0490. The van der Waals surface area contributed by atoms with Gasteiger partial charge in [-0.3, -0.25) is 9.59 Å². The fraction of sp³-hybridized carbons (Fsp3) is 0.217. The lowest BCUT2D eigenvalue weighted by Gasteiger charge is -2.10. The van der Waals surface area contributed by atoms with E-state index in [1.807, 2.05) is 67.6 Å². The standard InChI is InChI=1S/C23H24N2O3/c1-16-10-11-17(12-21(16)28-2)14-24-23(27)15-25-22(26)13-19-8-5-7-18-6-3-4-9-20(18)19/h3-12H,13-15H2,1-2H3,(H,24,27)(H,25,26). The van der Waals surface area contributed by atoms with Crippen molar-refractivity contribution < 1.29 is 14.3 Å². The summed E-state index contributed by atoms with van der Waals surface area (Å²) in [6.07, 6.45) is 0.240. The summed E-state index contributed by atoms with van der Waals surface area (Å²) in [6.45, 7) is 2.30. The van der Waals surface area contributed by atoms with Gasteiger partial charge in [-0.25, -0.2) is 0 Å². The molecule has 0 aliphatic rings. The van der Waals surface area contributed by atoms with Crippen LogP contribution in [-0.4, -0.2) is 25.5 Å². The van der Waals surface area contributed by atoms with Crippen molar-refractivity contribution in [3.8, 4) is 5.75 Å². The smallest absolute Gasteiger partial charge is 0.239 e. The van der Waals surface area contributed by atoms with Crippen LogP contribution in [0.2, 0.25) is 0 Å². The second-order valence-corrected chi connectivity index (χ2v) is 6.67. The third-order valence-electron chi connectivity index (χ3n) is 4.64. The molecule has 144 valence electrons. The first kappa shape index (κ1) is 19.4. The van der Waals surface area contributed by atoms with Crippen LogP contribution in [0.15, 0.2) is 60.7 Å². The highest BCUT2D eigenvalue weighted by molar-refractivity contribution is 5.91. The zero-order valence-electron chi connectivity index (χ0n) is 16.1. The van der Waals surface area contributed by atoms with Crippen LogP contribution in [0.4, 0.5) is 0 Å². The molecule has 0 aromatic heterocycles. The molecule has 0 aliphatic carbocycles. The molecule has 0 atom stereocenters. The van der Waals surface area contributed by atoms with Gasteiger partial charge in [0.15, 0.2) is 0 Å². The van der Waals surface area contributed by atoms with Gasteiger partial charge in [0.1, 0.15) is 5.75 Å². The second-order valence-electron chi connectivity index (χ2n) is 6.67. The van der Waals surface area contributed by atoms with Gasteiger partial charge in [0.05, 0.1) is 20.1 Å². The number of ether oxygens (including phenoxy) is 1. The zero-order valence-corrected chi connectivity index (χ0v) is 16.1. The lowest BCUT2D eigenvalue weighted by atomic mass is 10.0. The molecule has 5 nitrogen and oxygen atoms in total. The Bertz CT molecular complexity index is 993. The van der Waals surface area contributed by atoms with Crippen molar-refractivity contribution in [1.82, 2.24) is 10.6 Å². The van der Waals surface area contributed by atoms with Gasteiger partial charge in [0, 0.05) is 6.54 Å². The van der Waals surface area contributed by atoms with Crippen LogP contribution in [0.1, 0.15) is 16.7 Å². The minimum Gasteiger partial charge on any atom is -0.496 e. The van der Waals surface area contributed by atoms with Crippen molar-refractivity contribution in [2.75, 3.05) is 13.7 Å². The molecule has 0 aliphatic heterocycles. The van der Waals surface area contributed by atoms with Crippen molar-refractivity contribution in [3.05, 3.63) is 77.4 Å². The first-order valence-electron chi connectivity index (χ1n) is 9.20. The second kappa shape index (κ2) is 9.04. The molecule has 3 rings (SSSR count). The summed E-state index contributed by atoms with van der Waals surface area (Å²) in [4.78, 5) is 24.3. The quantitative estimate of drug-likeness (QED) is 0.666. The molecule has 0 saturated heterocycles. The van der Waals surface area contributed by atoms with Gasteiger partial charge in [-0.05, 0) is 40.5 Å². The van der Waals surface area contributed by atoms with Crippen LogP contribution in [0.25, 0.3) is 10.8 Å². The van der Waals surface area contributed by atoms with E-state index in [1.54, 1.807) is 7.11 Å². The summed E-state index contributed by atoms with van der Waals surface area (Å²) in [5.74, 6) is 0.379. The predicted molar refractivity (Wildman–Crippen MR) is 110 cm³/mol. The van der Waals surface area contributed by atoms with Crippen molar-refractivity contribution >= 4 is 22.6 Å². The average molecular weight is 376 g/mol. The van der Waals surface area contributed by atoms with Crippen LogP contribution in [-0.2, 0) is 22.6 Å². The third kappa shape index (κ3) is 4.88. The van der Waals surface area contributed by atoms with Crippen LogP contribution in [0, 0.1) is 6.92 Å². The van der Waals surface area contributed by atoms with Gasteiger partial charge < -0.3 is 15.4 Å². The van der Waals surface area contributed by atoms with Crippen LogP contribution in [0.3, 0.4) is 0 Å². The van der Waals surface area contributed by atoms with Crippen LogP contribution < -0.4 is 15.4 Å². The summed E-state index contributed by atoms with van der Waals surface area (Å²) in [5.41, 5.74) is 2.93. The van der Waals surface area contributed by atoms with Gasteiger partial charge in [-0.2, -0.15) is 0 Å². The van der Waals surface area contributed by atoms with Crippen molar-refractivity contribution in [3.63, 3.8) is 0 Å². The summed E-state index contributed by atoms with van der Waals surface area (Å²) < 4.78 is 5.29. The van der Waals surface area contributed by atoms with E-state index in [-0.39, 0.29) is 24.8 Å². The summed E-state index contributed by atoms with van der Waals surface area (Å²) in [5, 5.41) is 7.65. The molecule has 0 saturated carbocycles. The Hall–Kier alpha value is -3.34. The van der Waals surface area contributed by atoms with Gasteiger partial charge in [-0.1, -0.05) is 54.6 Å². The number of fused-ring (bicyclic) bond motifs is 1. The Morgan fingerprint density at radius 1 is 0.929 bits per heavy atom. The Kier molecular flexibility index (Phi) is 6.27. The van der Waals surface area contributed by atoms with Crippen molar-refractivity contribution in [2.24, 2.45) is 0 Å². The minimum atomic E-state index is -0.231. The number of rotatable bonds is 7. The Labute approximate surface area is 164 Å². The maximum atomic E-state index is 12.2. The molecule has 0 spiro atoms. The molecule has 0 fully saturated rings. The normalized spacial score (nSPS) is 10.5. The number of carbonyl (C=O) groups is 2. The van der Waals surface area contributed by atoms with E-state index in [0.29, 0.717) is 6.54 Å². The predicted octanol–water partition coefficient (Wildman–Crippen LogP) is 3.13. The highest BCUT2D eigenvalue weighted by Crippen LogP contribution is 2.19. The number of carbonyl (C=O) groups excluding carboxylic acids is 2. The number of aryl methyl sites for hydroxylation is 1. The molecule has 0 heterocycles. The summed E-state index contributed by atoms with van der Waals surface area (Å²) in [6, 6.07) is 19.6. The summed E-state index contributed by atoms with van der Waals surface area (Å²) in [7, 11) is 1.62. The molecule has 28 heavy (non-hydrogen) atoms. The zero-order chi connectivity index (χ0) is 19.9. The molecular formula is C23H24N2O3. The molecule has 2 N–H and O–H groups in total. The molecule has 0 radical (unpaired) electrons. The van der Waals surface area contributed by atoms with Gasteiger partial charge in [-0.15, -0.1) is 0 Å². The number of hydrogen-bond donors (Lipinski definition) is 2. The number of amides is 2. The van der Waals surface area contributed by atoms with E-state index in [4.69, 9.17) is 4.74 Å². The van der Waals surface area contributed by atoms with E-state index in [1.165, 1.54) is 0 Å². The molecular weight excluding hydrogens is 352 g/mol.